The molecule has 4 aromatic rings. The molecule has 178 valence electrons. The Labute approximate surface area is 205 Å². The van der Waals surface area contributed by atoms with Crippen LogP contribution in [-0.4, -0.2) is 37.8 Å². The fraction of sp³-hybridized carbons (Fsp3) is 0.174. The second kappa shape index (κ2) is 9.40. The normalized spacial score (nSPS) is 11.9. The number of anilines is 2. The Kier molecular flexibility index (Phi) is 6.71. The van der Waals surface area contributed by atoms with Crippen molar-refractivity contribution >= 4 is 55.7 Å². The van der Waals surface area contributed by atoms with E-state index in [2.05, 4.69) is 14.7 Å². The van der Waals surface area contributed by atoms with Crippen LogP contribution < -0.4 is 9.64 Å². The minimum Gasteiger partial charge on any atom is -0.434 e. The number of hydrogen-bond donors (Lipinski definition) is 1. The van der Waals surface area contributed by atoms with Crippen LogP contribution in [0.25, 0.3) is 22.2 Å². The Hall–Kier alpha value is -2.88. The van der Waals surface area contributed by atoms with Gasteiger partial charge in [-0.1, -0.05) is 48.3 Å². The maximum atomic E-state index is 12.9. The quantitative estimate of drug-likeness (QED) is 0.290. The average molecular weight is 526 g/mol. The first kappa shape index (κ1) is 24.3. The smallest absolute Gasteiger partial charge is 0.387 e. The molecule has 0 aliphatic rings. The molecule has 0 spiro atoms. The summed E-state index contributed by atoms with van der Waals surface area (Å²) in [6.07, 6.45) is 0. The molecule has 1 N–H and O–H groups in total. The predicted molar refractivity (Wildman–Crippen MR) is 130 cm³/mol. The molecule has 1 aromatic heterocycles. The van der Waals surface area contributed by atoms with Gasteiger partial charge in [-0.25, -0.2) is 13.4 Å². The van der Waals surface area contributed by atoms with Crippen LogP contribution in [0, 0.1) is 0 Å². The molecule has 11 heteroatoms. The summed E-state index contributed by atoms with van der Waals surface area (Å²) in [5.74, 6) is 0.378. The number of rotatable bonds is 7. The molecule has 3 aromatic carbocycles. The van der Waals surface area contributed by atoms with Crippen molar-refractivity contribution in [3.63, 3.8) is 0 Å². The van der Waals surface area contributed by atoms with Gasteiger partial charge < -0.3 is 14.6 Å². The number of sulfone groups is 1. The third-order valence-corrected chi connectivity index (χ3v) is 7.73. The molecule has 6 nitrogen and oxygen atoms in total. The van der Waals surface area contributed by atoms with Crippen molar-refractivity contribution in [1.82, 2.24) is 9.97 Å². The van der Waals surface area contributed by atoms with Gasteiger partial charge in [0.05, 0.1) is 26.2 Å². The zero-order chi connectivity index (χ0) is 24.6. The molecule has 0 bridgehead atoms. The van der Waals surface area contributed by atoms with Gasteiger partial charge in [-0.2, -0.15) is 8.78 Å². The van der Waals surface area contributed by atoms with Crippen LogP contribution in [0.1, 0.15) is 6.92 Å². The largest absolute Gasteiger partial charge is 0.434 e. The lowest BCUT2D eigenvalue weighted by atomic mass is 10.0. The van der Waals surface area contributed by atoms with Gasteiger partial charge in [0, 0.05) is 23.9 Å². The van der Waals surface area contributed by atoms with E-state index < -0.39 is 16.4 Å². The highest BCUT2D eigenvalue weighted by atomic mass is 35.5. The van der Waals surface area contributed by atoms with Gasteiger partial charge >= 0.3 is 6.61 Å². The molecule has 0 atom stereocenters. The van der Waals surface area contributed by atoms with Gasteiger partial charge in [0.15, 0.2) is 9.84 Å². The number of benzene rings is 3. The summed E-state index contributed by atoms with van der Waals surface area (Å²) < 4.78 is 54.5. The second-order valence-electron chi connectivity index (χ2n) is 7.33. The van der Waals surface area contributed by atoms with E-state index in [0.717, 1.165) is 0 Å². The Morgan fingerprint density at radius 2 is 1.79 bits per heavy atom. The van der Waals surface area contributed by atoms with E-state index in [-0.39, 0.29) is 26.4 Å². The number of nitrogens with zero attached hydrogens (tertiary/aromatic N) is 2. The summed E-state index contributed by atoms with van der Waals surface area (Å²) >= 11 is 13.1. The van der Waals surface area contributed by atoms with Crippen molar-refractivity contribution in [3.8, 4) is 16.9 Å². The van der Waals surface area contributed by atoms with Gasteiger partial charge in [-0.15, -0.1) is 0 Å². The number of nitrogens with one attached hydrogen (secondary N) is 1. The number of halogens is 4. The Morgan fingerprint density at radius 3 is 2.44 bits per heavy atom. The van der Waals surface area contributed by atoms with E-state index in [9.17, 15) is 17.2 Å². The molecule has 0 unspecified atom stereocenters. The first-order chi connectivity index (χ1) is 16.1. The highest BCUT2D eigenvalue weighted by Crippen LogP contribution is 2.44. The third kappa shape index (κ3) is 4.55. The van der Waals surface area contributed by atoms with Crippen LogP contribution in [0.3, 0.4) is 0 Å². The van der Waals surface area contributed by atoms with Crippen molar-refractivity contribution in [2.24, 2.45) is 0 Å². The number of aromatic nitrogens is 2. The predicted octanol–water partition coefficient (Wildman–Crippen LogP) is 6.70. The summed E-state index contributed by atoms with van der Waals surface area (Å²) in [6, 6.07) is 14.3. The standard InChI is InChI=1S/C23H19Cl2F2N3O3S/c1-3-34(31,32)14-10-8-13(9-11-14)30(2)23-28-17-12-16(24)19(20(25)21(17)29-23)15-6-4-5-7-18(15)33-22(26)27/h4-12,22H,3H2,1-2H3,(H,28,29). The molecule has 0 aliphatic heterocycles. The Bertz CT molecular complexity index is 1460. The van der Waals surface area contributed by atoms with Crippen LogP contribution >= 0.6 is 23.2 Å². The molecule has 0 saturated heterocycles. The third-order valence-electron chi connectivity index (χ3n) is 5.31. The maximum Gasteiger partial charge on any atom is 0.387 e. The van der Waals surface area contributed by atoms with Crippen molar-refractivity contribution in [2.45, 2.75) is 18.4 Å². The first-order valence-corrected chi connectivity index (χ1v) is 12.5. The summed E-state index contributed by atoms with van der Waals surface area (Å²) in [6.45, 7) is -1.42. The van der Waals surface area contributed by atoms with Gasteiger partial charge in [-0.3, -0.25) is 0 Å². The molecule has 4 rings (SSSR count). The van der Waals surface area contributed by atoms with Crippen molar-refractivity contribution in [3.05, 3.63) is 64.6 Å². The second-order valence-corrected chi connectivity index (χ2v) is 10.4. The van der Waals surface area contributed by atoms with Crippen molar-refractivity contribution in [1.29, 1.82) is 0 Å². The van der Waals surface area contributed by atoms with Crippen molar-refractivity contribution in [2.75, 3.05) is 17.7 Å². The number of hydrogen-bond acceptors (Lipinski definition) is 5. The van der Waals surface area contributed by atoms with Crippen LogP contribution in [0.5, 0.6) is 5.75 Å². The van der Waals surface area contributed by atoms with E-state index in [0.29, 0.717) is 33.8 Å². The van der Waals surface area contributed by atoms with E-state index in [1.54, 1.807) is 55.3 Å². The first-order valence-electron chi connectivity index (χ1n) is 10.1. The number of H-pyrrole nitrogens is 1. The topological polar surface area (TPSA) is 75.3 Å². The SMILES string of the molecule is CCS(=O)(=O)c1ccc(N(C)c2nc3c(Cl)c(-c4ccccc4OC(F)F)c(Cl)cc3[nH]2)cc1. The lowest BCUT2D eigenvalue weighted by Gasteiger charge is -2.16. The number of imidazole rings is 1. The molecule has 0 aliphatic carbocycles. The lowest BCUT2D eigenvalue weighted by Crippen LogP contribution is -2.11. The number of para-hydroxylation sites is 1. The molecule has 0 fully saturated rings. The number of alkyl halides is 2. The molecular weight excluding hydrogens is 507 g/mol. The molecule has 1 heterocycles. The van der Waals surface area contributed by atoms with Gasteiger partial charge in [0.2, 0.25) is 5.95 Å². The molecule has 0 amide bonds. The molecule has 0 saturated carbocycles. The summed E-state index contributed by atoms with van der Waals surface area (Å²) in [5.41, 5.74) is 2.25. The lowest BCUT2D eigenvalue weighted by molar-refractivity contribution is -0.0494. The van der Waals surface area contributed by atoms with Gasteiger partial charge in [0.25, 0.3) is 0 Å². The maximum absolute atomic E-state index is 12.9. The average Bonchev–Trinajstić information content (AvgIpc) is 3.23. The zero-order valence-corrected chi connectivity index (χ0v) is 20.3. The number of fused-ring (bicyclic) bond motifs is 1. The van der Waals surface area contributed by atoms with E-state index in [1.807, 2.05) is 0 Å². The highest BCUT2D eigenvalue weighted by molar-refractivity contribution is 7.91. The Balaban J connectivity index is 1.76. The van der Waals surface area contributed by atoms with Crippen molar-refractivity contribution < 1.29 is 21.9 Å². The highest BCUT2D eigenvalue weighted by Gasteiger charge is 2.21. The summed E-state index contributed by atoms with van der Waals surface area (Å²) in [7, 11) is -1.56. The monoisotopic (exact) mass is 525 g/mol. The minimum atomic E-state index is -3.31. The van der Waals surface area contributed by atoms with Crippen LogP contribution in [0.4, 0.5) is 20.4 Å². The van der Waals surface area contributed by atoms with Gasteiger partial charge in [0.1, 0.15) is 11.3 Å². The van der Waals surface area contributed by atoms with Crippen LogP contribution in [0.15, 0.2) is 59.5 Å². The number of ether oxygens (including phenoxy) is 1. The zero-order valence-electron chi connectivity index (χ0n) is 18.0. The molecular formula is C23H19Cl2F2N3O3S. The fourth-order valence-corrected chi connectivity index (χ4v) is 5.10. The number of aromatic amines is 1. The van der Waals surface area contributed by atoms with Crippen LogP contribution in [0.2, 0.25) is 10.0 Å². The molecule has 34 heavy (non-hydrogen) atoms. The summed E-state index contributed by atoms with van der Waals surface area (Å²) in [4.78, 5) is 9.66. The van der Waals surface area contributed by atoms with E-state index in [4.69, 9.17) is 23.2 Å². The molecule has 0 radical (unpaired) electrons. The summed E-state index contributed by atoms with van der Waals surface area (Å²) in [5, 5.41) is 0.405. The Morgan fingerprint density at radius 1 is 1.12 bits per heavy atom. The fourth-order valence-electron chi connectivity index (χ4n) is 3.51. The van der Waals surface area contributed by atoms with Gasteiger partial charge in [-0.05, 0) is 36.4 Å². The van der Waals surface area contributed by atoms with E-state index >= 15 is 0 Å². The minimum absolute atomic E-state index is 0.0127. The van der Waals surface area contributed by atoms with E-state index in [1.165, 1.54) is 18.2 Å². The van der Waals surface area contributed by atoms with Crippen LogP contribution in [-0.2, 0) is 9.84 Å².